The normalized spacial score (nSPS) is 26.4. The van der Waals surface area contributed by atoms with Crippen LogP contribution >= 0.6 is 0 Å². The zero-order chi connectivity index (χ0) is 40.1. The summed E-state index contributed by atoms with van der Waals surface area (Å²) in [5.41, 5.74) is 0.441. The molecule has 3 heterocycles. The lowest BCUT2D eigenvalue weighted by molar-refractivity contribution is -0.303. The molecule has 3 aliphatic heterocycles. The molecule has 14 heteroatoms. The van der Waals surface area contributed by atoms with Crippen molar-refractivity contribution in [3.8, 4) is 0 Å². The molecule has 0 aromatic rings. The van der Waals surface area contributed by atoms with E-state index in [9.17, 15) is 43.8 Å². The molecule has 3 saturated heterocycles. The molecule has 9 atom stereocenters. The van der Waals surface area contributed by atoms with Crippen LogP contribution in [0.25, 0.3) is 0 Å². The summed E-state index contributed by atoms with van der Waals surface area (Å²) in [5.74, 6) is 0. The van der Waals surface area contributed by atoms with Crippen LogP contribution in [0.2, 0.25) is 0 Å². The third-order valence-electron chi connectivity index (χ3n) is 11.9. The van der Waals surface area contributed by atoms with Gasteiger partial charge >= 0.3 is 6.18 Å². The Kier molecular flexibility index (Phi) is 23.4. The highest BCUT2D eigenvalue weighted by molar-refractivity contribution is 4.99. The number of aliphatic hydroxyl groups is 6. The van der Waals surface area contributed by atoms with Crippen molar-refractivity contribution in [2.24, 2.45) is 5.41 Å². The van der Waals surface area contributed by atoms with E-state index < -0.39 is 74.4 Å². The van der Waals surface area contributed by atoms with Gasteiger partial charge in [0.15, 0.2) is 6.29 Å². The fourth-order valence-electron chi connectivity index (χ4n) is 8.26. The van der Waals surface area contributed by atoms with Crippen LogP contribution in [0.4, 0.5) is 13.2 Å². The summed E-state index contributed by atoms with van der Waals surface area (Å²) in [5, 5.41) is 64.8. The van der Waals surface area contributed by atoms with Crippen molar-refractivity contribution in [1.29, 1.82) is 0 Å². The zero-order valence-electron chi connectivity index (χ0n) is 33.7. The summed E-state index contributed by atoms with van der Waals surface area (Å²) >= 11 is 0. The van der Waals surface area contributed by atoms with E-state index in [0.717, 1.165) is 97.1 Å². The number of aliphatic hydroxyl groups excluding tert-OH is 6. The Morgan fingerprint density at radius 1 is 0.727 bits per heavy atom. The number of hydrogen-bond acceptors (Lipinski definition) is 11. The van der Waals surface area contributed by atoms with E-state index in [-0.39, 0.29) is 12.8 Å². The zero-order valence-corrected chi connectivity index (χ0v) is 33.7. The van der Waals surface area contributed by atoms with Crippen LogP contribution in [0.1, 0.15) is 148 Å². The molecule has 7 N–H and O–H groups in total. The van der Waals surface area contributed by atoms with Crippen LogP contribution in [0.5, 0.6) is 0 Å². The number of hydrogen-bond donors (Lipinski definition) is 7. The van der Waals surface area contributed by atoms with Gasteiger partial charge in [-0.2, -0.15) is 13.2 Å². The van der Waals surface area contributed by atoms with Crippen molar-refractivity contribution >= 4 is 0 Å². The van der Waals surface area contributed by atoms with Crippen molar-refractivity contribution in [2.75, 3.05) is 46.1 Å². The second-order valence-corrected chi connectivity index (χ2v) is 17.0. The third-order valence-corrected chi connectivity index (χ3v) is 11.9. The highest BCUT2D eigenvalue weighted by Crippen LogP contribution is 2.37. The second-order valence-electron chi connectivity index (χ2n) is 17.0. The fraction of sp³-hybridized carbons (Fsp3) is 1.00. The largest absolute Gasteiger partial charge is 0.403 e. The molecule has 1 spiro atoms. The van der Waals surface area contributed by atoms with E-state index >= 15 is 0 Å². The molecule has 3 fully saturated rings. The molecule has 0 aromatic heterocycles. The average molecular weight is 799 g/mol. The van der Waals surface area contributed by atoms with Gasteiger partial charge in [-0.05, 0) is 25.8 Å². The molecule has 0 radical (unpaired) electrons. The topological polar surface area (TPSA) is 164 Å². The summed E-state index contributed by atoms with van der Waals surface area (Å²) in [7, 11) is 0. The van der Waals surface area contributed by atoms with E-state index in [1.165, 1.54) is 44.9 Å². The summed E-state index contributed by atoms with van der Waals surface area (Å²) in [4.78, 5) is 2.49. The molecule has 55 heavy (non-hydrogen) atoms. The lowest BCUT2D eigenvalue weighted by Crippen LogP contribution is -2.65. The van der Waals surface area contributed by atoms with Crippen LogP contribution < -0.4 is 5.32 Å². The highest BCUT2D eigenvalue weighted by atomic mass is 19.4. The maximum atomic E-state index is 14.4. The van der Waals surface area contributed by atoms with E-state index in [1.54, 1.807) is 0 Å². The predicted octanol–water partition coefficient (Wildman–Crippen LogP) is 5.35. The maximum absolute atomic E-state index is 14.4. The number of rotatable bonds is 32. The first-order chi connectivity index (χ1) is 26.4. The van der Waals surface area contributed by atoms with Gasteiger partial charge in [-0.15, -0.1) is 0 Å². The van der Waals surface area contributed by atoms with E-state index in [1.807, 2.05) is 0 Å². The molecule has 0 bridgehead atoms. The molecule has 0 aliphatic carbocycles. The number of likely N-dealkylation sites (tertiary alicyclic amines) is 1. The minimum atomic E-state index is -4.64. The fourth-order valence-corrected chi connectivity index (χ4v) is 8.26. The summed E-state index contributed by atoms with van der Waals surface area (Å²) in [6, 6.07) is -3.37. The van der Waals surface area contributed by atoms with Gasteiger partial charge in [0, 0.05) is 18.5 Å². The number of nitrogens with zero attached hydrogens (tertiary/aromatic N) is 1. The van der Waals surface area contributed by atoms with Gasteiger partial charge in [-0.3, -0.25) is 5.32 Å². The van der Waals surface area contributed by atoms with Gasteiger partial charge in [0.05, 0.1) is 44.7 Å². The van der Waals surface area contributed by atoms with Gasteiger partial charge in [-0.1, -0.05) is 129 Å². The van der Waals surface area contributed by atoms with Crippen LogP contribution in [0.15, 0.2) is 0 Å². The summed E-state index contributed by atoms with van der Waals surface area (Å²) < 4.78 is 59.3. The first-order valence-electron chi connectivity index (χ1n) is 21.8. The van der Waals surface area contributed by atoms with Crippen molar-refractivity contribution in [3.05, 3.63) is 0 Å². The quantitative estimate of drug-likeness (QED) is 0.0440. The minimum Gasteiger partial charge on any atom is -0.394 e. The Balaban J connectivity index is 1.41. The Hall–Kier alpha value is -0.650. The highest BCUT2D eigenvalue weighted by Gasteiger charge is 2.48. The van der Waals surface area contributed by atoms with E-state index in [2.05, 4.69) is 17.1 Å². The second kappa shape index (κ2) is 26.4. The first kappa shape index (κ1) is 48.7. The maximum Gasteiger partial charge on any atom is 0.403 e. The minimum absolute atomic E-state index is 0.196. The van der Waals surface area contributed by atoms with Crippen molar-refractivity contribution in [2.45, 2.75) is 209 Å². The molecular weight excluding hydrogens is 721 g/mol. The van der Waals surface area contributed by atoms with Crippen LogP contribution in [0.3, 0.4) is 0 Å². The Morgan fingerprint density at radius 3 is 1.73 bits per heavy atom. The Bertz CT molecular complexity index is 972. The SMILES string of the molecule is CCCCCCCCCCCCCC[C@@H](O)[C@@H](O)[C@H](COC1OC(CO)C(O)C(O)C1O)N[C@@H](CCCCCCCCCCN1CC2(COC2)C1)C(F)(F)F. The molecule has 326 valence electrons. The van der Waals surface area contributed by atoms with Gasteiger partial charge < -0.3 is 49.7 Å². The molecule has 3 aliphatic rings. The number of halogens is 3. The predicted molar refractivity (Wildman–Crippen MR) is 205 cm³/mol. The average Bonchev–Trinajstić information content (AvgIpc) is 3.12. The summed E-state index contributed by atoms with van der Waals surface area (Å²) in [6.07, 6.45) is 5.16. The van der Waals surface area contributed by atoms with Crippen molar-refractivity contribution in [3.63, 3.8) is 0 Å². The van der Waals surface area contributed by atoms with E-state index in [0.29, 0.717) is 24.7 Å². The number of ether oxygens (including phenoxy) is 3. The van der Waals surface area contributed by atoms with Crippen molar-refractivity contribution < 1.29 is 58.0 Å². The van der Waals surface area contributed by atoms with Crippen molar-refractivity contribution in [1.82, 2.24) is 10.2 Å². The first-order valence-corrected chi connectivity index (χ1v) is 21.8. The summed E-state index contributed by atoms with van der Waals surface area (Å²) in [6.45, 7) is 6.12. The van der Waals surface area contributed by atoms with Gasteiger partial charge in [0.2, 0.25) is 0 Å². The standard InChI is InChI=1S/C41H77F3N2O9/c1-2-3-4-5-6-7-8-9-10-13-16-19-22-32(48)35(49)31(26-54-39-38(52)37(51)36(50)33(25-47)55-39)45-34(41(42,43)44)23-20-17-14-11-12-15-18-21-24-46-27-40(28-46)29-53-30-40/h31-39,45,47-52H,2-30H2,1H3/t31-,32+,33?,34-,35-,36?,37?,38?,39?/m0/s1. The number of alkyl halides is 3. The van der Waals surface area contributed by atoms with Crippen LogP contribution in [0, 0.1) is 5.41 Å². The van der Waals surface area contributed by atoms with Crippen LogP contribution in [-0.2, 0) is 14.2 Å². The van der Waals surface area contributed by atoms with E-state index in [4.69, 9.17) is 14.2 Å². The monoisotopic (exact) mass is 799 g/mol. The molecule has 3 rings (SSSR count). The van der Waals surface area contributed by atoms with Gasteiger partial charge in [-0.25, -0.2) is 0 Å². The van der Waals surface area contributed by atoms with Gasteiger partial charge in [0.1, 0.15) is 30.5 Å². The molecule has 0 amide bonds. The molecule has 0 saturated carbocycles. The lowest BCUT2D eigenvalue weighted by Gasteiger charge is -2.55. The van der Waals surface area contributed by atoms with Gasteiger partial charge in [0.25, 0.3) is 0 Å². The number of unbranched alkanes of at least 4 members (excludes halogenated alkanes) is 18. The Morgan fingerprint density at radius 2 is 1.24 bits per heavy atom. The molecule has 0 aromatic carbocycles. The number of nitrogens with one attached hydrogen (secondary N) is 1. The molecular formula is C41H77F3N2O9. The lowest BCUT2D eigenvalue weighted by atomic mass is 9.78. The van der Waals surface area contributed by atoms with Crippen LogP contribution in [-0.4, -0.2) is 143 Å². The molecule has 5 unspecified atom stereocenters. The smallest absolute Gasteiger partial charge is 0.394 e. The third kappa shape index (κ3) is 17.6. The molecule has 11 nitrogen and oxygen atoms in total. The Labute approximate surface area is 328 Å².